The third-order valence-electron chi connectivity index (χ3n) is 5.02. The summed E-state index contributed by atoms with van der Waals surface area (Å²) < 4.78 is 1.37. The van der Waals surface area contributed by atoms with Gasteiger partial charge < -0.3 is 4.90 Å². The van der Waals surface area contributed by atoms with E-state index in [1.165, 1.54) is 65.0 Å². The second kappa shape index (κ2) is 7.99. The molecule has 3 aromatic rings. The maximum Gasteiger partial charge on any atom is 0.0358 e. The fourth-order valence-corrected chi connectivity index (χ4v) is 4.87. The largest absolute Gasteiger partial charge is 0.303 e. The van der Waals surface area contributed by atoms with Crippen molar-refractivity contribution in [2.75, 3.05) is 19.6 Å². The normalized spacial score (nSPS) is 16.0. The van der Waals surface area contributed by atoms with Crippen LogP contribution in [0, 0.1) is 0 Å². The highest BCUT2D eigenvalue weighted by Crippen LogP contribution is 2.39. The van der Waals surface area contributed by atoms with Gasteiger partial charge in [0.15, 0.2) is 0 Å². The SMILES string of the molecule is C(=Cc1sc2ccccc2c1-c1ccccc1)CCN1CCCCC1. The molecule has 0 saturated carbocycles. The van der Waals surface area contributed by atoms with Crippen molar-refractivity contribution in [1.82, 2.24) is 4.90 Å². The fourth-order valence-electron chi connectivity index (χ4n) is 3.71. The van der Waals surface area contributed by atoms with Crippen LogP contribution in [0.5, 0.6) is 0 Å². The predicted octanol–water partition coefficient (Wildman–Crippen LogP) is 6.46. The fraction of sp³-hybridized carbons (Fsp3) is 0.304. The first-order valence-corrected chi connectivity index (χ1v) is 10.2. The molecule has 4 rings (SSSR count). The van der Waals surface area contributed by atoms with Crippen LogP contribution < -0.4 is 0 Å². The Kier molecular flexibility index (Phi) is 5.29. The van der Waals surface area contributed by atoms with Gasteiger partial charge in [0.25, 0.3) is 0 Å². The molecule has 128 valence electrons. The quantitative estimate of drug-likeness (QED) is 0.512. The maximum atomic E-state index is 2.61. The summed E-state index contributed by atoms with van der Waals surface area (Å²) in [6.45, 7) is 3.76. The number of nitrogens with zero attached hydrogens (tertiary/aromatic N) is 1. The van der Waals surface area contributed by atoms with E-state index in [4.69, 9.17) is 0 Å². The van der Waals surface area contributed by atoms with Gasteiger partial charge in [-0.15, -0.1) is 11.3 Å². The van der Waals surface area contributed by atoms with Gasteiger partial charge in [-0.05, 0) is 50.1 Å². The Morgan fingerprint density at radius 2 is 1.64 bits per heavy atom. The molecule has 0 unspecified atom stereocenters. The molecule has 0 spiro atoms. The van der Waals surface area contributed by atoms with Gasteiger partial charge in [0, 0.05) is 27.1 Å². The number of likely N-dealkylation sites (tertiary alicyclic amines) is 1. The number of hydrogen-bond acceptors (Lipinski definition) is 2. The van der Waals surface area contributed by atoms with E-state index < -0.39 is 0 Å². The van der Waals surface area contributed by atoms with E-state index in [0.717, 1.165) is 6.42 Å². The van der Waals surface area contributed by atoms with Crippen molar-refractivity contribution in [1.29, 1.82) is 0 Å². The second-order valence-corrected chi connectivity index (χ2v) is 7.88. The number of benzene rings is 2. The first-order valence-electron chi connectivity index (χ1n) is 9.38. The summed E-state index contributed by atoms with van der Waals surface area (Å²) in [4.78, 5) is 3.99. The summed E-state index contributed by atoms with van der Waals surface area (Å²) >= 11 is 1.90. The number of thiophene rings is 1. The number of fused-ring (bicyclic) bond motifs is 1. The molecule has 2 aromatic carbocycles. The van der Waals surface area contributed by atoms with Crippen LogP contribution in [0.15, 0.2) is 60.7 Å². The van der Waals surface area contributed by atoms with E-state index in [1.54, 1.807) is 0 Å². The third kappa shape index (κ3) is 3.86. The number of rotatable bonds is 5. The van der Waals surface area contributed by atoms with Crippen molar-refractivity contribution in [2.45, 2.75) is 25.7 Å². The molecule has 0 N–H and O–H groups in total. The molecular formula is C23H25NS. The lowest BCUT2D eigenvalue weighted by Gasteiger charge is -2.25. The van der Waals surface area contributed by atoms with Crippen LogP contribution >= 0.6 is 11.3 Å². The molecule has 0 bridgehead atoms. The average Bonchev–Trinajstić information content (AvgIpc) is 3.05. The molecule has 1 aliphatic rings. The van der Waals surface area contributed by atoms with Gasteiger partial charge in [-0.1, -0.05) is 61.0 Å². The number of hydrogen-bond donors (Lipinski definition) is 0. The van der Waals surface area contributed by atoms with Crippen molar-refractivity contribution in [3.05, 3.63) is 65.6 Å². The van der Waals surface area contributed by atoms with Crippen LogP contribution in [-0.2, 0) is 0 Å². The minimum absolute atomic E-state index is 1.14. The Hall–Kier alpha value is -1.90. The molecule has 0 aliphatic carbocycles. The summed E-state index contributed by atoms with van der Waals surface area (Å²) in [5.41, 5.74) is 2.70. The number of piperidine rings is 1. The Balaban J connectivity index is 1.57. The van der Waals surface area contributed by atoms with Crippen LogP contribution in [0.1, 0.15) is 30.6 Å². The van der Waals surface area contributed by atoms with Crippen molar-refractivity contribution >= 4 is 27.5 Å². The standard InChI is InChI=1S/C23H25NS/c1-3-11-19(12-4-1)23-20-13-5-6-14-21(20)25-22(23)15-7-10-18-24-16-8-2-9-17-24/h1,3-7,11-15H,2,8-10,16-18H2. The minimum atomic E-state index is 1.14. The van der Waals surface area contributed by atoms with Crippen LogP contribution in [-0.4, -0.2) is 24.5 Å². The van der Waals surface area contributed by atoms with E-state index in [0.29, 0.717) is 0 Å². The van der Waals surface area contributed by atoms with E-state index in [1.807, 2.05) is 11.3 Å². The third-order valence-corrected chi connectivity index (χ3v) is 6.15. The van der Waals surface area contributed by atoms with Crippen molar-refractivity contribution < 1.29 is 0 Å². The van der Waals surface area contributed by atoms with Crippen LogP contribution in [0.3, 0.4) is 0 Å². The van der Waals surface area contributed by atoms with Crippen molar-refractivity contribution in [2.24, 2.45) is 0 Å². The summed E-state index contributed by atoms with van der Waals surface area (Å²) in [5, 5.41) is 1.37. The van der Waals surface area contributed by atoms with Gasteiger partial charge in [-0.2, -0.15) is 0 Å². The average molecular weight is 348 g/mol. The Morgan fingerprint density at radius 3 is 2.48 bits per heavy atom. The summed E-state index contributed by atoms with van der Waals surface area (Å²) in [6, 6.07) is 19.6. The highest BCUT2D eigenvalue weighted by molar-refractivity contribution is 7.20. The van der Waals surface area contributed by atoms with Gasteiger partial charge in [-0.25, -0.2) is 0 Å². The smallest absolute Gasteiger partial charge is 0.0358 e. The highest BCUT2D eigenvalue weighted by atomic mass is 32.1. The Labute approximate surface area is 154 Å². The Bertz CT molecular complexity index is 841. The molecule has 1 aromatic heterocycles. The van der Waals surface area contributed by atoms with Crippen LogP contribution in [0.4, 0.5) is 0 Å². The first-order chi connectivity index (χ1) is 12.4. The van der Waals surface area contributed by atoms with E-state index in [2.05, 4.69) is 71.6 Å². The van der Waals surface area contributed by atoms with Gasteiger partial charge in [-0.3, -0.25) is 0 Å². The molecule has 1 fully saturated rings. The summed E-state index contributed by atoms with van der Waals surface area (Å²) in [6.07, 6.45) is 10.0. The molecule has 25 heavy (non-hydrogen) atoms. The summed E-state index contributed by atoms with van der Waals surface area (Å²) in [5.74, 6) is 0. The van der Waals surface area contributed by atoms with Gasteiger partial charge >= 0.3 is 0 Å². The molecule has 0 atom stereocenters. The van der Waals surface area contributed by atoms with E-state index >= 15 is 0 Å². The molecule has 0 radical (unpaired) electrons. The van der Waals surface area contributed by atoms with Gasteiger partial charge in [0.1, 0.15) is 0 Å². The molecule has 1 saturated heterocycles. The monoisotopic (exact) mass is 347 g/mol. The predicted molar refractivity (Wildman–Crippen MR) is 111 cm³/mol. The molecule has 1 nitrogen and oxygen atoms in total. The minimum Gasteiger partial charge on any atom is -0.303 e. The van der Waals surface area contributed by atoms with Crippen LogP contribution in [0.25, 0.3) is 27.3 Å². The highest BCUT2D eigenvalue weighted by Gasteiger charge is 2.12. The molecule has 2 heteroatoms. The zero-order chi connectivity index (χ0) is 16.9. The second-order valence-electron chi connectivity index (χ2n) is 6.80. The molecular weight excluding hydrogens is 322 g/mol. The lowest BCUT2D eigenvalue weighted by atomic mass is 10.0. The molecule has 1 aliphatic heterocycles. The molecule has 2 heterocycles. The van der Waals surface area contributed by atoms with Crippen LogP contribution in [0.2, 0.25) is 0 Å². The summed E-state index contributed by atoms with van der Waals surface area (Å²) in [7, 11) is 0. The van der Waals surface area contributed by atoms with Gasteiger partial charge in [0.2, 0.25) is 0 Å². The maximum absolute atomic E-state index is 2.61. The topological polar surface area (TPSA) is 3.24 Å². The van der Waals surface area contributed by atoms with Gasteiger partial charge in [0.05, 0.1) is 0 Å². The lowest BCUT2D eigenvalue weighted by molar-refractivity contribution is 0.233. The Morgan fingerprint density at radius 1 is 0.880 bits per heavy atom. The van der Waals surface area contributed by atoms with E-state index in [-0.39, 0.29) is 0 Å². The zero-order valence-electron chi connectivity index (χ0n) is 14.7. The van der Waals surface area contributed by atoms with E-state index in [9.17, 15) is 0 Å². The first kappa shape index (κ1) is 16.6. The van der Waals surface area contributed by atoms with Crippen molar-refractivity contribution in [3.63, 3.8) is 0 Å². The zero-order valence-corrected chi connectivity index (χ0v) is 15.5. The van der Waals surface area contributed by atoms with Crippen molar-refractivity contribution in [3.8, 4) is 11.1 Å². The molecule has 0 amide bonds. The lowest BCUT2D eigenvalue weighted by Crippen LogP contribution is -2.30.